The van der Waals surface area contributed by atoms with Crippen LogP contribution in [-0.4, -0.2) is 26.5 Å². The third-order valence-electron chi connectivity index (χ3n) is 4.26. The standard InChI is InChI=1S/C19H20F3N5O/c1-12(23-13(2)18-26-25-16-9-5-6-10-27(16)18)11-17(28)24-15-8-4-3-7-14(15)19(20,21)22/h3-10,12-13,23H,11H2,1-2H3,(H,24,28). The van der Waals surface area contributed by atoms with Crippen LogP contribution in [0.1, 0.15) is 37.7 Å². The molecule has 148 valence electrons. The summed E-state index contributed by atoms with van der Waals surface area (Å²) in [5.74, 6) is 0.181. The number of nitrogens with zero attached hydrogens (tertiary/aromatic N) is 3. The molecule has 0 saturated heterocycles. The van der Waals surface area contributed by atoms with Gasteiger partial charge in [-0.25, -0.2) is 0 Å². The Hall–Kier alpha value is -2.94. The summed E-state index contributed by atoms with van der Waals surface area (Å²) in [5.41, 5.74) is -0.406. The van der Waals surface area contributed by atoms with E-state index in [1.807, 2.05) is 35.7 Å². The van der Waals surface area contributed by atoms with Crippen molar-refractivity contribution in [1.82, 2.24) is 19.9 Å². The van der Waals surface area contributed by atoms with Crippen LogP contribution < -0.4 is 10.6 Å². The summed E-state index contributed by atoms with van der Waals surface area (Å²) in [6.45, 7) is 3.67. The van der Waals surface area contributed by atoms with Crippen molar-refractivity contribution in [2.45, 2.75) is 38.5 Å². The second-order valence-electron chi connectivity index (χ2n) is 6.57. The molecule has 2 N–H and O–H groups in total. The first-order valence-corrected chi connectivity index (χ1v) is 8.77. The van der Waals surface area contributed by atoms with Crippen LogP contribution in [0.25, 0.3) is 5.65 Å². The summed E-state index contributed by atoms with van der Waals surface area (Å²) in [4.78, 5) is 12.2. The first-order valence-electron chi connectivity index (χ1n) is 8.77. The highest BCUT2D eigenvalue weighted by molar-refractivity contribution is 5.92. The van der Waals surface area contributed by atoms with Gasteiger partial charge in [0.25, 0.3) is 0 Å². The molecule has 2 heterocycles. The Morgan fingerprint density at radius 3 is 2.57 bits per heavy atom. The number of alkyl halides is 3. The molecule has 0 spiro atoms. The van der Waals surface area contributed by atoms with Crippen LogP contribution in [0.2, 0.25) is 0 Å². The minimum Gasteiger partial charge on any atom is -0.325 e. The van der Waals surface area contributed by atoms with Crippen LogP contribution in [-0.2, 0) is 11.0 Å². The predicted molar refractivity (Wildman–Crippen MR) is 98.7 cm³/mol. The van der Waals surface area contributed by atoms with Crippen molar-refractivity contribution in [2.24, 2.45) is 0 Å². The van der Waals surface area contributed by atoms with Crippen molar-refractivity contribution in [1.29, 1.82) is 0 Å². The fraction of sp³-hybridized carbons (Fsp3) is 0.316. The van der Waals surface area contributed by atoms with E-state index in [2.05, 4.69) is 20.8 Å². The van der Waals surface area contributed by atoms with E-state index in [0.29, 0.717) is 11.5 Å². The first kappa shape index (κ1) is 19.8. The second-order valence-corrected chi connectivity index (χ2v) is 6.57. The molecule has 0 saturated carbocycles. The van der Waals surface area contributed by atoms with E-state index in [1.54, 1.807) is 6.92 Å². The van der Waals surface area contributed by atoms with E-state index in [-0.39, 0.29) is 24.2 Å². The number of halogens is 3. The van der Waals surface area contributed by atoms with Gasteiger partial charge < -0.3 is 10.6 Å². The average Bonchev–Trinajstić information content (AvgIpc) is 3.05. The van der Waals surface area contributed by atoms with Crippen LogP contribution in [0.15, 0.2) is 48.7 Å². The van der Waals surface area contributed by atoms with Crippen molar-refractivity contribution in [2.75, 3.05) is 5.32 Å². The van der Waals surface area contributed by atoms with Crippen molar-refractivity contribution < 1.29 is 18.0 Å². The molecule has 0 bridgehead atoms. The predicted octanol–water partition coefficient (Wildman–Crippen LogP) is 3.82. The van der Waals surface area contributed by atoms with Crippen LogP contribution in [0, 0.1) is 0 Å². The number of fused-ring (bicyclic) bond motifs is 1. The maximum Gasteiger partial charge on any atom is 0.418 e. The van der Waals surface area contributed by atoms with Crippen LogP contribution in [0.5, 0.6) is 0 Å². The fourth-order valence-corrected chi connectivity index (χ4v) is 3.03. The normalized spacial score (nSPS) is 14.0. The molecule has 2 aromatic heterocycles. The summed E-state index contributed by atoms with van der Waals surface area (Å²) >= 11 is 0. The summed E-state index contributed by atoms with van der Waals surface area (Å²) < 4.78 is 41.0. The molecule has 3 aromatic rings. The molecule has 0 aliphatic rings. The Morgan fingerprint density at radius 1 is 1.11 bits per heavy atom. The van der Waals surface area contributed by atoms with E-state index < -0.39 is 17.6 Å². The second kappa shape index (κ2) is 7.97. The average molecular weight is 391 g/mol. The number of anilines is 1. The largest absolute Gasteiger partial charge is 0.418 e. The van der Waals surface area contributed by atoms with Gasteiger partial charge in [-0.05, 0) is 38.1 Å². The lowest BCUT2D eigenvalue weighted by Gasteiger charge is -2.19. The van der Waals surface area contributed by atoms with Crippen molar-refractivity contribution in [3.8, 4) is 0 Å². The SMILES string of the molecule is CC(CC(=O)Nc1ccccc1C(F)(F)F)NC(C)c1nnc2ccccn12. The van der Waals surface area contributed by atoms with Crippen molar-refractivity contribution in [3.63, 3.8) is 0 Å². The van der Waals surface area contributed by atoms with Crippen LogP contribution in [0.4, 0.5) is 18.9 Å². The number of hydrogen-bond acceptors (Lipinski definition) is 4. The number of carbonyl (C=O) groups is 1. The molecule has 0 aliphatic carbocycles. The maximum atomic E-state index is 13.0. The molecular formula is C19H20F3N5O. The van der Waals surface area contributed by atoms with E-state index in [1.165, 1.54) is 18.2 Å². The number of pyridine rings is 1. The molecule has 1 aromatic carbocycles. The Morgan fingerprint density at radius 2 is 1.82 bits per heavy atom. The van der Waals surface area contributed by atoms with E-state index in [4.69, 9.17) is 0 Å². The lowest BCUT2D eigenvalue weighted by Crippen LogP contribution is -2.33. The summed E-state index contributed by atoms with van der Waals surface area (Å²) in [6.07, 6.45) is -2.68. The molecule has 1 amide bonds. The zero-order valence-corrected chi connectivity index (χ0v) is 15.4. The number of hydrogen-bond donors (Lipinski definition) is 2. The molecule has 3 rings (SSSR count). The monoisotopic (exact) mass is 391 g/mol. The molecule has 9 heteroatoms. The summed E-state index contributed by atoms with van der Waals surface area (Å²) in [7, 11) is 0. The summed E-state index contributed by atoms with van der Waals surface area (Å²) in [5, 5.41) is 13.8. The van der Waals surface area contributed by atoms with Crippen molar-refractivity contribution in [3.05, 3.63) is 60.0 Å². The van der Waals surface area contributed by atoms with E-state index in [9.17, 15) is 18.0 Å². The number of nitrogens with one attached hydrogen (secondary N) is 2. The molecule has 2 unspecified atom stereocenters. The van der Waals surface area contributed by atoms with Crippen LogP contribution >= 0.6 is 0 Å². The van der Waals surface area contributed by atoms with Gasteiger partial charge in [-0.15, -0.1) is 10.2 Å². The fourth-order valence-electron chi connectivity index (χ4n) is 3.03. The van der Waals surface area contributed by atoms with Gasteiger partial charge in [0.1, 0.15) is 0 Å². The Bertz CT molecular complexity index is 969. The number of benzene rings is 1. The number of para-hydroxylation sites is 1. The third kappa shape index (κ3) is 4.48. The van der Waals surface area contributed by atoms with E-state index >= 15 is 0 Å². The van der Waals surface area contributed by atoms with Crippen molar-refractivity contribution >= 4 is 17.2 Å². The van der Waals surface area contributed by atoms with Gasteiger partial charge in [0.2, 0.25) is 5.91 Å². The first-order chi connectivity index (χ1) is 13.3. The molecule has 28 heavy (non-hydrogen) atoms. The minimum atomic E-state index is -4.53. The minimum absolute atomic E-state index is 0.00721. The van der Waals surface area contributed by atoms with Gasteiger partial charge >= 0.3 is 6.18 Å². The highest BCUT2D eigenvalue weighted by atomic mass is 19.4. The van der Waals surface area contributed by atoms with E-state index in [0.717, 1.165) is 6.07 Å². The Balaban J connectivity index is 1.62. The topological polar surface area (TPSA) is 71.3 Å². The highest BCUT2D eigenvalue weighted by Gasteiger charge is 2.33. The molecule has 6 nitrogen and oxygen atoms in total. The van der Waals surface area contributed by atoms with Crippen LogP contribution in [0.3, 0.4) is 0 Å². The van der Waals surface area contributed by atoms with Gasteiger partial charge in [0.05, 0.1) is 17.3 Å². The third-order valence-corrected chi connectivity index (χ3v) is 4.26. The zero-order valence-electron chi connectivity index (χ0n) is 15.4. The zero-order chi connectivity index (χ0) is 20.3. The van der Waals surface area contributed by atoms with Gasteiger partial charge in [-0.2, -0.15) is 13.2 Å². The number of aromatic nitrogens is 3. The number of carbonyl (C=O) groups excluding carboxylic acids is 1. The summed E-state index contributed by atoms with van der Waals surface area (Å²) in [6, 6.07) is 9.97. The van der Waals surface area contributed by atoms with Gasteiger partial charge in [0.15, 0.2) is 11.5 Å². The molecule has 0 fully saturated rings. The number of rotatable bonds is 6. The van der Waals surface area contributed by atoms with Gasteiger partial charge in [-0.3, -0.25) is 9.20 Å². The molecular weight excluding hydrogens is 371 g/mol. The quantitative estimate of drug-likeness (QED) is 0.670. The van der Waals surface area contributed by atoms with Gasteiger partial charge in [0, 0.05) is 18.7 Å². The number of amides is 1. The molecule has 0 aliphatic heterocycles. The highest BCUT2D eigenvalue weighted by Crippen LogP contribution is 2.34. The Kier molecular flexibility index (Phi) is 5.64. The molecule has 2 atom stereocenters. The Labute approximate surface area is 159 Å². The lowest BCUT2D eigenvalue weighted by molar-refractivity contribution is -0.137. The van der Waals surface area contributed by atoms with Gasteiger partial charge in [-0.1, -0.05) is 18.2 Å². The molecule has 0 radical (unpaired) electrons. The smallest absolute Gasteiger partial charge is 0.325 e. The lowest BCUT2D eigenvalue weighted by atomic mass is 10.1. The maximum absolute atomic E-state index is 13.0.